The highest BCUT2D eigenvalue weighted by Crippen LogP contribution is 2.43. The van der Waals surface area contributed by atoms with Crippen molar-refractivity contribution in [3.8, 4) is 0 Å². The van der Waals surface area contributed by atoms with Gasteiger partial charge in [-0.25, -0.2) is 0 Å². The maximum Gasteiger partial charge on any atom is 0.404 e. The molecule has 1 unspecified atom stereocenters. The zero-order chi connectivity index (χ0) is 15.6. The fourth-order valence-corrected chi connectivity index (χ4v) is 2.88. The van der Waals surface area contributed by atoms with Crippen LogP contribution in [0.1, 0.15) is 34.1 Å². The van der Waals surface area contributed by atoms with Crippen molar-refractivity contribution in [2.24, 2.45) is 23.2 Å². The Kier molecular flexibility index (Phi) is 5.46. The summed E-state index contributed by atoms with van der Waals surface area (Å²) >= 11 is 0. The fraction of sp³-hybridized carbons (Fsp3) is 0.929. The van der Waals surface area contributed by atoms with Crippen LogP contribution in [-0.2, 0) is 4.79 Å². The average Bonchev–Trinajstić information content (AvgIpc) is 2.77. The molecule has 1 aliphatic rings. The van der Waals surface area contributed by atoms with Gasteiger partial charge in [0.05, 0.1) is 0 Å². The smallest absolute Gasteiger partial charge is 0.355 e. The molecule has 1 heterocycles. The highest BCUT2D eigenvalue weighted by molar-refractivity contribution is 5.84. The molecular weight excluding hydrogens is 269 g/mol. The largest absolute Gasteiger partial charge is 0.404 e. The second-order valence-electron chi connectivity index (χ2n) is 6.37. The van der Waals surface area contributed by atoms with E-state index >= 15 is 0 Å². The quantitative estimate of drug-likeness (QED) is 0.818. The Balaban J connectivity index is 2.74. The van der Waals surface area contributed by atoms with Crippen molar-refractivity contribution in [3.63, 3.8) is 0 Å². The molecule has 20 heavy (non-hydrogen) atoms. The molecule has 0 aromatic heterocycles. The molecule has 2 N–H and O–H groups in total. The minimum atomic E-state index is -4.51. The van der Waals surface area contributed by atoms with Gasteiger partial charge in [-0.3, -0.25) is 4.79 Å². The van der Waals surface area contributed by atoms with E-state index in [2.05, 4.69) is 10.6 Å². The van der Waals surface area contributed by atoms with E-state index in [1.165, 1.54) is 0 Å². The van der Waals surface area contributed by atoms with E-state index in [9.17, 15) is 18.0 Å². The molecule has 1 atom stereocenters. The lowest BCUT2D eigenvalue weighted by Crippen LogP contribution is -2.53. The Morgan fingerprint density at radius 3 is 2.15 bits per heavy atom. The predicted octanol–water partition coefficient (Wildman–Crippen LogP) is 2.57. The molecule has 118 valence electrons. The first-order valence-electron chi connectivity index (χ1n) is 7.17. The number of nitrogens with one attached hydrogen (secondary N) is 2. The van der Waals surface area contributed by atoms with Crippen molar-refractivity contribution >= 4 is 5.91 Å². The molecular formula is C14H25F3N2O. The second kappa shape index (κ2) is 6.33. The Hall–Kier alpha value is -0.780. The maximum absolute atomic E-state index is 13.2. The van der Waals surface area contributed by atoms with E-state index in [1.54, 1.807) is 0 Å². The minimum absolute atomic E-state index is 0.179. The number of rotatable bonds is 5. The lowest BCUT2D eigenvalue weighted by molar-refractivity contribution is -0.216. The van der Waals surface area contributed by atoms with Gasteiger partial charge in [0.25, 0.3) is 0 Å². The molecule has 1 fully saturated rings. The second-order valence-corrected chi connectivity index (χ2v) is 6.37. The number of carbonyl (C=O) groups is 1. The summed E-state index contributed by atoms with van der Waals surface area (Å²) in [6.07, 6.45) is -4.69. The normalized spacial score (nSPS) is 23.9. The molecule has 1 amide bonds. The summed E-state index contributed by atoms with van der Waals surface area (Å²) in [4.78, 5) is 12.1. The standard InChI is InChI=1S/C14H25F3N2O/c1-9(2)11(10(3)4)7-19-12(20)13(14(15,16)17)5-6-18-8-13/h9-11,18H,5-8H2,1-4H3,(H,19,20). The van der Waals surface area contributed by atoms with Gasteiger partial charge in [0.2, 0.25) is 5.91 Å². The van der Waals surface area contributed by atoms with Gasteiger partial charge in [-0.15, -0.1) is 0 Å². The van der Waals surface area contributed by atoms with Gasteiger partial charge in [0.15, 0.2) is 5.41 Å². The van der Waals surface area contributed by atoms with Crippen LogP contribution in [0.3, 0.4) is 0 Å². The Morgan fingerprint density at radius 2 is 1.80 bits per heavy atom. The molecule has 3 nitrogen and oxygen atoms in total. The number of carbonyl (C=O) groups excluding carboxylic acids is 1. The van der Waals surface area contributed by atoms with Crippen molar-refractivity contribution in [3.05, 3.63) is 0 Å². The van der Waals surface area contributed by atoms with Crippen molar-refractivity contribution < 1.29 is 18.0 Å². The molecule has 0 radical (unpaired) electrons. The molecule has 6 heteroatoms. The van der Waals surface area contributed by atoms with Gasteiger partial charge in [-0.2, -0.15) is 13.2 Å². The van der Waals surface area contributed by atoms with Crippen LogP contribution in [0, 0.1) is 23.2 Å². The van der Waals surface area contributed by atoms with Gasteiger partial charge < -0.3 is 10.6 Å². The molecule has 0 aliphatic carbocycles. The number of hydrogen-bond acceptors (Lipinski definition) is 2. The average molecular weight is 294 g/mol. The first-order valence-corrected chi connectivity index (χ1v) is 7.17. The molecule has 1 aliphatic heterocycles. The number of hydrogen-bond donors (Lipinski definition) is 2. The molecule has 0 aromatic rings. The lowest BCUT2D eigenvalue weighted by Gasteiger charge is -2.31. The summed E-state index contributed by atoms with van der Waals surface area (Å²) in [5, 5.41) is 5.19. The van der Waals surface area contributed by atoms with E-state index in [-0.39, 0.29) is 25.4 Å². The van der Waals surface area contributed by atoms with Gasteiger partial charge in [-0.05, 0) is 30.7 Å². The zero-order valence-corrected chi connectivity index (χ0v) is 12.6. The van der Waals surface area contributed by atoms with Crippen molar-refractivity contribution in [2.75, 3.05) is 19.6 Å². The monoisotopic (exact) mass is 294 g/mol. The van der Waals surface area contributed by atoms with Crippen molar-refractivity contribution in [2.45, 2.75) is 40.3 Å². The van der Waals surface area contributed by atoms with E-state index in [1.807, 2.05) is 27.7 Å². The highest BCUT2D eigenvalue weighted by atomic mass is 19.4. The Labute approximate surface area is 118 Å². The van der Waals surface area contributed by atoms with Gasteiger partial charge in [0.1, 0.15) is 0 Å². The number of amides is 1. The number of halogens is 3. The van der Waals surface area contributed by atoms with Crippen LogP contribution in [-0.4, -0.2) is 31.7 Å². The highest BCUT2D eigenvalue weighted by Gasteiger charge is 2.61. The summed E-state index contributed by atoms with van der Waals surface area (Å²) in [7, 11) is 0. The van der Waals surface area contributed by atoms with Gasteiger partial charge >= 0.3 is 6.18 Å². The van der Waals surface area contributed by atoms with Crippen LogP contribution in [0.15, 0.2) is 0 Å². The van der Waals surface area contributed by atoms with Crippen LogP contribution in [0.25, 0.3) is 0 Å². The summed E-state index contributed by atoms with van der Waals surface area (Å²) in [6, 6.07) is 0. The minimum Gasteiger partial charge on any atom is -0.355 e. The summed E-state index contributed by atoms with van der Waals surface area (Å²) < 4.78 is 39.6. The predicted molar refractivity (Wildman–Crippen MR) is 72.2 cm³/mol. The molecule has 0 bridgehead atoms. The van der Waals surface area contributed by atoms with Crippen molar-refractivity contribution in [1.29, 1.82) is 0 Å². The Morgan fingerprint density at radius 1 is 1.25 bits per heavy atom. The van der Waals surface area contributed by atoms with E-state index < -0.39 is 17.5 Å². The van der Waals surface area contributed by atoms with Crippen LogP contribution >= 0.6 is 0 Å². The van der Waals surface area contributed by atoms with E-state index in [4.69, 9.17) is 0 Å². The summed E-state index contributed by atoms with van der Waals surface area (Å²) in [5.74, 6) is -0.0717. The van der Waals surface area contributed by atoms with Crippen LogP contribution < -0.4 is 10.6 Å². The zero-order valence-electron chi connectivity index (χ0n) is 12.6. The third kappa shape index (κ3) is 3.45. The third-order valence-electron chi connectivity index (χ3n) is 4.34. The first-order chi connectivity index (χ1) is 9.12. The molecule has 0 spiro atoms. The molecule has 0 saturated carbocycles. The fourth-order valence-electron chi connectivity index (χ4n) is 2.88. The maximum atomic E-state index is 13.2. The van der Waals surface area contributed by atoms with Gasteiger partial charge in [0, 0.05) is 13.1 Å². The van der Waals surface area contributed by atoms with E-state index in [0.29, 0.717) is 18.4 Å². The van der Waals surface area contributed by atoms with Gasteiger partial charge in [-0.1, -0.05) is 27.7 Å². The number of alkyl halides is 3. The SMILES string of the molecule is CC(C)C(CNC(=O)C1(C(F)(F)F)CCNC1)C(C)C. The lowest BCUT2D eigenvalue weighted by atomic mass is 9.83. The van der Waals surface area contributed by atoms with Crippen LogP contribution in [0.5, 0.6) is 0 Å². The third-order valence-corrected chi connectivity index (χ3v) is 4.34. The molecule has 1 rings (SSSR count). The molecule has 0 aromatic carbocycles. The van der Waals surface area contributed by atoms with Crippen molar-refractivity contribution in [1.82, 2.24) is 10.6 Å². The van der Waals surface area contributed by atoms with E-state index in [0.717, 1.165) is 0 Å². The van der Waals surface area contributed by atoms with Crippen LogP contribution in [0.4, 0.5) is 13.2 Å². The first kappa shape index (κ1) is 17.3. The Bertz CT molecular complexity index is 326. The molecule has 1 saturated heterocycles. The topological polar surface area (TPSA) is 41.1 Å². The summed E-state index contributed by atoms with van der Waals surface area (Å²) in [5.41, 5.74) is -2.26. The summed E-state index contributed by atoms with van der Waals surface area (Å²) in [6.45, 7) is 8.29. The van der Waals surface area contributed by atoms with Crippen LogP contribution in [0.2, 0.25) is 0 Å².